The summed E-state index contributed by atoms with van der Waals surface area (Å²) in [7, 11) is 0. The van der Waals surface area contributed by atoms with Gasteiger partial charge in [0.2, 0.25) is 5.91 Å². The van der Waals surface area contributed by atoms with E-state index in [9.17, 15) is 9.59 Å². The zero-order valence-corrected chi connectivity index (χ0v) is 11.8. The van der Waals surface area contributed by atoms with E-state index >= 15 is 0 Å². The topological polar surface area (TPSA) is 73.7 Å². The standard InChI is InChI=1S/C15H19N3O3/c1-2-6-17-7-8-18(11-12-4-3-5-16-10-12)13(15(17)21)9-14(19)20/h2-5,10,13H,1,6-9,11H2,(H,19,20). The molecule has 0 saturated carbocycles. The molecule has 1 N–H and O–H groups in total. The maximum atomic E-state index is 12.4. The first-order valence-corrected chi connectivity index (χ1v) is 6.86. The molecule has 0 spiro atoms. The number of hydrogen-bond acceptors (Lipinski definition) is 4. The molecule has 112 valence electrons. The number of carbonyl (C=O) groups excluding carboxylic acids is 1. The van der Waals surface area contributed by atoms with Gasteiger partial charge in [0.25, 0.3) is 0 Å². The summed E-state index contributed by atoms with van der Waals surface area (Å²) < 4.78 is 0. The maximum Gasteiger partial charge on any atom is 0.305 e. The molecule has 1 unspecified atom stereocenters. The highest BCUT2D eigenvalue weighted by atomic mass is 16.4. The first-order chi connectivity index (χ1) is 10.1. The number of nitrogens with zero attached hydrogens (tertiary/aromatic N) is 3. The Hall–Kier alpha value is -2.21. The molecule has 2 heterocycles. The fourth-order valence-electron chi connectivity index (χ4n) is 2.52. The second-order valence-corrected chi connectivity index (χ2v) is 5.02. The lowest BCUT2D eigenvalue weighted by Crippen LogP contribution is -2.57. The average Bonchev–Trinajstić information content (AvgIpc) is 2.47. The summed E-state index contributed by atoms with van der Waals surface area (Å²) in [5, 5.41) is 9.05. The van der Waals surface area contributed by atoms with Crippen LogP contribution in [0.25, 0.3) is 0 Å². The number of aromatic nitrogens is 1. The number of hydrogen-bond donors (Lipinski definition) is 1. The van der Waals surface area contributed by atoms with Crippen molar-refractivity contribution in [2.45, 2.75) is 19.0 Å². The molecular formula is C15H19N3O3. The van der Waals surface area contributed by atoms with Crippen molar-refractivity contribution in [2.24, 2.45) is 0 Å². The van der Waals surface area contributed by atoms with E-state index in [1.54, 1.807) is 23.4 Å². The number of carboxylic acid groups (broad SMARTS) is 1. The van der Waals surface area contributed by atoms with Crippen molar-refractivity contribution in [2.75, 3.05) is 19.6 Å². The van der Waals surface area contributed by atoms with Crippen LogP contribution in [0.5, 0.6) is 0 Å². The quantitative estimate of drug-likeness (QED) is 0.783. The number of amides is 1. The lowest BCUT2D eigenvalue weighted by atomic mass is 10.1. The van der Waals surface area contributed by atoms with Gasteiger partial charge in [-0.2, -0.15) is 0 Å². The van der Waals surface area contributed by atoms with Crippen molar-refractivity contribution >= 4 is 11.9 Å². The van der Waals surface area contributed by atoms with Crippen LogP contribution in [0.1, 0.15) is 12.0 Å². The third kappa shape index (κ3) is 3.88. The Labute approximate surface area is 123 Å². The fourth-order valence-corrected chi connectivity index (χ4v) is 2.52. The van der Waals surface area contributed by atoms with Crippen molar-refractivity contribution in [3.63, 3.8) is 0 Å². The normalized spacial score (nSPS) is 19.5. The predicted octanol–water partition coefficient (Wildman–Crippen LogP) is 0.755. The summed E-state index contributed by atoms with van der Waals surface area (Å²) in [5.74, 6) is -1.11. The van der Waals surface area contributed by atoms with Crippen LogP contribution in [0, 0.1) is 0 Å². The maximum absolute atomic E-state index is 12.4. The second kappa shape index (κ2) is 6.99. The zero-order valence-electron chi connectivity index (χ0n) is 11.8. The molecule has 1 fully saturated rings. The Kier molecular flexibility index (Phi) is 5.05. The summed E-state index contributed by atoms with van der Waals surface area (Å²) in [6.45, 7) is 5.84. The highest BCUT2D eigenvalue weighted by Crippen LogP contribution is 2.17. The predicted molar refractivity (Wildman–Crippen MR) is 77.5 cm³/mol. The first-order valence-electron chi connectivity index (χ1n) is 6.86. The third-order valence-corrected chi connectivity index (χ3v) is 3.52. The van der Waals surface area contributed by atoms with E-state index in [2.05, 4.69) is 11.6 Å². The van der Waals surface area contributed by atoms with E-state index in [4.69, 9.17) is 5.11 Å². The summed E-state index contributed by atoms with van der Waals surface area (Å²) in [6, 6.07) is 3.12. The summed E-state index contributed by atoms with van der Waals surface area (Å²) in [5.41, 5.74) is 0.970. The Morgan fingerprint density at radius 2 is 2.33 bits per heavy atom. The van der Waals surface area contributed by atoms with Gasteiger partial charge in [-0.15, -0.1) is 6.58 Å². The van der Waals surface area contributed by atoms with E-state index in [-0.39, 0.29) is 12.3 Å². The molecule has 1 aromatic heterocycles. The van der Waals surface area contributed by atoms with Crippen molar-refractivity contribution in [1.82, 2.24) is 14.8 Å². The lowest BCUT2D eigenvalue weighted by Gasteiger charge is -2.39. The molecule has 1 aliphatic heterocycles. The van der Waals surface area contributed by atoms with Crippen LogP contribution >= 0.6 is 0 Å². The van der Waals surface area contributed by atoms with Crippen LogP contribution < -0.4 is 0 Å². The van der Waals surface area contributed by atoms with Gasteiger partial charge in [-0.25, -0.2) is 0 Å². The van der Waals surface area contributed by atoms with Gasteiger partial charge in [0.05, 0.1) is 6.42 Å². The summed E-state index contributed by atoms with van der Waals surface area (Å²) in [4.78, 5) is 31.1. The molecular weight excluding hydrogens is 270 g/mol. The highest BCUT2D eigenvalue weighted by molar-refractivity contribution is 5.87. The van der Waals surface area contributed by atoms with E-state index in [1.807, 2.05) is 17.0 Å². The van der Waals surface area contributed by atoms with Gasteiger partial charge in [-0.3, -0.25) is 19.5 Å². The number of rotatable bonds is 6. The molecule has 1 atom stereocenters. The van der Waals surface area contributed by atoms with Gasteiger partial charge < -0.3 is 10.0 Å². The molecule has 1 aromatic rings. The number of pyridine rings is 1. The van der Waals surface area contributed by atoms with Crippen LogP contribution in [0.3, 0.4) is 0 Å². The van der Waals surface area contributed by atoms with Crippen molar-refractivity contribution in [3.05, 3.63) is 42.7 Å². The number of carbonyl (C=O) groups is 2. The van der Waals surface area contributed by atoms with Gasteiger partial charge >= 0.3 is 5.97 Å². The molecule has 1 saturated heterocycles. The molecule has 6 heteroatoms. The Morgan fingerprint density at radius 3 is 2.95 bits per heavy atom. The minimum absolute atomic E-state index is 0.146. The van der Waals surface area contributed by atoms with Crippen molar-refractivity contribution in [1.29, 1.82) is 0 Å². The Bertz CT molecular complexity index is 518. The Morgan fingerprint density at radius 1 is 1.52 bits per heavy atom. The summed E-state index contributed by atoms with van der Waals surface area (Å²) >= 11 is 0. The molecule has 0 radical (unpaired) electrons. The third-order valence-electron chi connectivity index (χ3n) is 3.52. The van der Waals surface area contributed by atoms with Crippen molar-refractivity contribution in [3.8, 4) is 0 Å². The zero-order chi connectivity index (χ0) is 15.2. The van der Waals surface area contributed by atoms with Gasteiger partial charge in [-0.05, 0) is 11.6 Å². The molecule has 1 amide bonds. The van der Waals surface area contributed by atoms with Gasteiger partial charge in [0.15, 0.2) is 0 Å². The van der Waals surface area contributed by atoms with Gasteiger partial charge in [-0.1, -0.05) is 12.1 Å². The molecule has 2 rings (SSSR count). The molecule has 0 aromatic carbocycles. The number of piperazine rings is 1. The minimum atomic E-state index is -0.968. The molecule has 6 nitrogen and oxygen atoms in total. The number of carboxylic acids is 1. The van der Waals surface area contributed by atoms with Crippen LogP contribution in [0.2, 0.25) is 0 Å². The Balaban J connectivity index is 2.13. The molecule has 0 bridgehead atoms. The van der Waals surface area contributed by atoms with Crippen LogP contribution in [0.15, 0.2) is 37.2 Å². The van der Waals surface area contributed by atoms with E-state index in [0.29, 0.717) is 26.2 Å². The minimum Gasteiger partial charge on any atom is -0.481 e. The lowest BCUT2D eigenvalue weighted by molar-refractivity contribution is -0.149. The largest absolute Gasteiger partial charge is 0.481 e. The number of aliphatic carboxylic acids is 1. The first kappa shape index (κ1) is 15.2. The SMILES string of the molecule is C=CCN1CCN(Cc2cccnc2)C(CC(=O)O)C1=O. The summed E-state index contributed by atoms with van der Waals surface area (Å²) in [6.07, 6.45) is 4.89. The van der Waals surface area contributed by atoms with E-state index < -0.39 is 12.0 Å². The van der Waals surface area contributed by atoms with Gasteiger partial charge in [0, 0.05) is 38.6 Å². The van der Waals surface area contributed by atoms with E-state index in [1.165, 1.54) is 0 Å². The fraction of sp³-hybridized carbons (Fsp3) is 0.400. The van der Waals surface area contributed by atoms with Crippen molar-refractivity contribution < 1.29 is 14.7 Å². The average molecular weight is 289 g/mol. The monoisotopic (exact) mass is 289 g/mol. The second-order valence-electron chi connectivity index (χ2n) is 5.02. The van der Waals surface area contributed by atoms with Crippen LogP contribution in [0.4, 0.5) is 0 Å². The van der Waals surface area contributed by atoms with E-state index in [0.717, 1.165) is 5.56 Å². The van der Waals surface area contributed by atoms with Crippen LogP contribution in [-0.2, 0) is 16.1 Å². The molecule has 21 heavy (non-hydrogen) atoms. The van der Waals surface area contributed by atoms with Crippen LogP contribution in [-0.4, -0.2) is 57.4 Å². The molecule has 1 aliphatic rings. The highest BCUT2D eigenvalue weighted by Gasteiger charge is 2.35. The smallest absolute Gasteiger partial charge is 0.305 e. The van der Waals surface area contributed by atoms with Gasteiger partial charge in [0.1, 0.15) is 6.04 Å². The molecule has 0 aliphatic carbocycles.